The highest BCUT2D eigenvalue weighted by atomic mass is 32.1. The molecule has 1 amide bonds. The van der Waals surface area contributed by atoms with Crippen LogP contribution in [0.2, 0.25) is 0 Å². The summed E-state index contributed by atoms with van der Waals surface area (Å²) in [5.74, 6) is 0.498. The number of aromatic nitrogens is 1. The zero-order chi connectivity index (χ0) is 16.4. The maximum atomic E-state index is 13.0. The van der Waals surface area contributed by atoms with Gasteiger partial charge in [0.2, 0.25) is 5.91 Å². The van der Waals surface area contributed by atoms with Crippen LogP contribution in [0.4, 0.5) is 0 Å². The van der Waals surface area contributed by atoms with Crippen molar-refractivity contribution < 1.29 is 4.79 Å². The molecule has 4 nitrogen and oxygen atoms in total. The lowest BCUT2D eigenvalue weighted by atomic mass is 9.95. The molecule has 1 atom stereocenters. The van der Waals surface area contributed by atoms with E-state index >= 15 is 0 Å². The highest BCUT2D eigenvalue weighted by molar-refractivity contribution is 7.10. The van der Waals surface area contributed by atoms with Crippen molar-refractivity contribution in [2.24, 2.45) is 5.92 Å². The van der Waals surface area contributed by atoms with E-state index in [1.54, 1.807) is 6.20 Å². The second-order valence-corrected chi connectivity index (χ2v) is 7.82. The summed E-state index contributed by atoms with van der Waals surface area (Å²) in [7, 11) is 0. The third kappa shape index (κ3) is 3.37. The number of hydrogen-bond donors (Lipinski definition) is 0. The molecule has 2 aromatic rings. The van der Waals surface area contributed by atoms with E-state index in [9.17, 15) is 4.79 Å². The molecule has 0 spiro atoms. The van der Waals surface area contributed by atoms with Crippen molar-refractivity contribution in [2.45, 2.75) is 32.4 Å². The number of fused-ring (bicyclic) bond motifs is 1. The Labute approximate surface area is 147 Å². The Bertz CT molecular complexity index is 700. The summed E-state index contributed by atoms with van der Waals surface area (Å²) >= 11 is 1.82. The lowest BCUT2D eigenvalue weighted by Gasteiger charge is -2.36. The van der Waals surface area contributed by atoms with Gasteiger partial charge >= 0.3 is 0 Å². The smallest absolute Gasteiger partial charge is 0.227 e. The van der Waals surface area contributed by atoms with Crippen LogP contribution >= 0.6 is 11.3 Å². The maximum absolute atomic E-state index is 13.0. The standard InChI is InChI=1S/C19H23N3OS/c23-19(22-9-5-18-16(14-22)6-10-24-18)17-4-2-8-21(13-17)12-15-3-1-7-20-11-15/h1,3,6-7,10-11,17H,2,4-5,8-9,12-14H2/t17-/m1/s1. The largest absolute Gasteiger partial charge is 0.338 e. The number of thiophene rings is 1. The summed E-state index contributed by atoms with van der Waals surface area (Å²) in [5, 5.41) is 2.15. The number of rotatable bonds is 3. The molecular formula is C19H23N3OS. The van der Waals surface area contributed by atoms with Crippen LogP contribution in [0.3, 0.4) is 0 Å². The van der Waals surface area contributed by atoms with Gasteiger partial charge in [-0.25, -0.2) is 0 Å². The third-order valence-electron chi connectivity index (χ3n) is 5.10. The SMILES string of the molecule is O=C([C@@H]1CCCN(Cc2cccnc2)C1)N1CCc2sccc2C1. The monoisotopic (exact) mass is 341 g/mol. The van der Waals surface area contributed by atoms with Crippen molar-refractivity contribution in [3.63, 3.8) is 0 Å². The molecule has 4 rings (SSSR count). The van der Waals surface area contributed by atoms with Crippen LogP contribution in [0, 0.1) is 5.92 Å². The quantitative estimate of drug-likeness (QED) is 0.861. The van der Waals surface area contributed by atoms with Gasteiger partial charge in [-0.1, -0.05) is 6.07 Å². The van der Waals surface area contributed by atoms with Crippen molar-refractivity contribution in [1.82, 2.24) is 14.8 Å². The number of likely N-dealkylation sites (tertiary alicyclic amines) is 1. The maximum Gasteiger partial charge on any atom is 0.227 e. The molecule has 1 fully saturated rings. The fourth-order valence-corrected chi connectivity index (χ4v) is 4.74. The van der Waals surface area contributed by atoms with Crippen LogP contribution < -0.4 is 0 Å². The van der Waals surface area contributed by atoms with E-state index in [1.807, 2.05) is 23.6 Å². The van der Waals surface area contributed by atoms with E-state index in [0.717, 1.165) is 52.0 Å². The Balaban J connectivity index is 1.38. The lowest BCUT2D eigenvalue weighted by Crippen LogP contribution is -2.45. The van der Waals surface area contributed by atoms with E-state index in [-0.39, 0.29) is 5.92 Å². The summed E-state index contributed by atoms with van der Waals surface area (Å²) in [6, 6.07) is 6.27. The molecule has 2 aliphatic heterocycles. The highest BCUT2D eigenvalue weighted by Crippen LogP contribution is 2.27. The van der Waals surface area contributed by atoms with Gasteiger partial charge in [-0.3, -0.25) is 14.7 Å². The highest BCUT2D eigenvalue weighted by Gasteiger charge is 2.31. The van der Waals surface area contributed by atoms with Crippen molar-refractivity contribution in [3.8, 4) is 0 Å². The fourth-order valence-electron chi connectivity index (χ4n) is 3.85. The first kappa shape index (κ1) is 15.8. The van der Waals surface area contributed by atoms with Gasteiger partial charge in [0, 0.05) is 43.4 Å². The molecule has 0 aliphatic carbocycles. The van der Waals surface area contributed by atoms with Crippen molar-refractivity contribution in [2.75, 3.05) is 19.6 Å². The minimum Gasteiger partial charge on any atom is -0.338 e. The third-order valence-corrected chi connectivity index (χ3v) is 6.13. The molecular weight excluding hydrogens is 318 g/mol. The second-order valence-electron chi connectivity index (χ2n) is 6.81. The molecule has 0 N–H and O–H groups in total. The number of amides is 1. The second kappa shape index (κ2) is 7.03. The fraction of sp³-hybridized carbons (Fsp3) is 0.474. The molecule has 1 saturated heterocycles. The minimum absolute atomic E-state index is 0.149. The van der Waals surface area contributed by atoms with E-state index < -0.39 is 0 Å². The van der Waals surface area contributed by atoms with Gasteiger partial charge in [0.1, 0.15) is 0 Å². The van der Waals surface area contributed by atoms with Crippen LogP contribution in [-0.2, 0) is 24.3 Å². The van der Waals surface area contributed by atoms with Gasteiger partial charge in [-0.05, 0) is 54.4 Å². The summed E-state index contributed by atoms with van der Waals surface area (Å²) in [5.41, 5.74) is 2.58. The Hall–Kier alpha value is -1.72. The number of pyridine rings is 1. The molecule has 0 unspecified atom stereocenters. The Morgan fingerprint density at radius 2 is 2.29 bits per heavy atom. The molecule has 4 heterocycles. The van der Waals surface area contributed by atoms with Crippen LogP contribution in [0.5, 0.6) is 0 Å². The van der Waals surface area contributed by atoms with Crippen LogP contribution in [0.1, 0.15) is 28.8 Å². The van der Waals surface area contributed by atoms with E-state index in [2.05, 4.69) is 32.3 Å². The van der Waals surface area contributed by atoms with Gasteiger partial charge in [0.25, 0.3) is 0 Å². The molecule has 2 aliphatic rings. The van der Waals surface area contributed by atoms with Gasteiger partial charge in [0.05, 0.1) is 5.92 Å². The Morgan fingerprint density at radius 1 is 1.33 bits per heavy atom. The average Bonchev–Trinajstić information content (AvgIpc) is 3.10. The summed E-state index contributed by atoms with van der Waals surface area (Å²) < 4.78 is 0. The van der Waals surface area contributed by atoms with Crippen LogP contribution in [-0.4, -0.2) is 40.3 Å². The van der Waals surface area contributed by atoms with Crippen molar-refractivity contribution in [3.05, 3.63) is 52.0 Å². The van der Waals surface area contributed by atoms with Crippen LogP contribution in [0.15, 0.2) is 36.0 Å². The molecule has 5 heteroatoms. The molecule has 126 valence electrons. The number of carbonyl (C=O) groups excluding carboxylic acids is 1. The van der Waals surface area contributed by atoms with E-state index in [1.165, 1.54) is 16.0 Å². The van der Waals surface area contributed by atoms with E-state index in [0.29, 0.717) is 5.91 Å². The Kier molecular flexibility index (Phi) is 4.63. The summed E-state index contributed by atoms with van der Waals surface area (Å²) in [6.45, 7) is 4.53. The zero-order valence-electron chi connectivity index (χ0n) is 13.9. The predicted molar refractivity (Wildman–Crippen MR) is 95.7 cm³/mol. The number of carbonyl (C=O) groups is 1. The van der Waals surface area contributed by atoms with Crippen molar-refractivity contribution in [1.29, 1.82) is 0 Å². The number of nitrogens with zero attached hydrogens (tertiary/aromatic N) is 3. The topological polar surface area (TPSA) is 36.4 Å². The van der Waals surface area contributed by atoms with Gasteiger partial charge < -0.3 is 4.90 Å². The van der Waals surface area contributed by atoms with Crippen molar-refractivity contribution >= 4 is 17.2 Å². The van der Waals surface area contributed by atoms with Crippen LogP contribution in [0.25, 0.3) is 0 Å². The minimum atomic E-state index is 0.149. The summed E-state index contributed by atoms with van der Waals surface area (Å²) in [6.07, 6.45) is 6.88. The average molecular weight is 341 g/mol. The van der Waals surface area contributed by atoms with E-state index in [4.69, 9.17) is 0 Å². The first-order valence-electron chi connectivity index (χ1n) is 8.75. The molecule has 0 bridgehead atoms. The predicted octanol–water partition coefficient (Wildman–Crippen LogP) is 2.94. The normalized spacial score (nSPS) is 21.5. The zero-order valence-corrected chi connectivity index (χ0v) is 14.7. The van der Waals surface area contributed by atoms with Gasteiger partial charge in [0.15, 0.2) is 0 Å². The number of piperidine rings is 1. The van der Waals surface area contributed by atoms with Gasteiger partial charge in [-0.2, -0.15) is 0 Å². The lowest BCUT2D eigenvalue weighted by molar-refractivity contribution is -0.138. The molecule has 0 saturated carbocycles. The first-order chi connectivity index (χ1) is 11.8. The number of hydrogen-bond acceptors (Lipinski definition) is 4. The molecule has 24 heavy (non-hydrogen) atoms. The molecule has 2 aromatic heterocycles. The van der Waals surface area contributed by atoms with Gasteiger partial charge in [-0.15, -0.1) is 11.3 Å². The Morgan fingerprint density at radius 3 is 3.17 bits per heavy atom. The first-order valence-corrected chi connectivity index (χ1v) is 9.63. The summed E-state index contributed by atoms with van der Waals surface area (Å²) in [4.78, 5) is 23.1. The molecule has 0 radical (unpaired) electrons. The molecule has 0 aromatic carbocycles.